The Balaban J connectivity index is 1.59. The first kappa shape index (κ1) is 22.4. The summed E-state index contributed by atoms with van der Waals surface area (Å²) in [4.78, 5) is 33.4. The second-order valence-electron chi connectivity index (χ2n) is 8.01. The number of anilines is 1. The van der Waals surface area contributed by atoms with Crippen molar-refractivity contribution < 1.29 is 9.59 Å². The minimum Gasteiger partial charge on any atom is -0.350 e. The number of fused-ring (bicyclic) bond motifs is 1. The summed E-state index contributed by atoms with van der Waals surface area (Å²) in [5.41, 5.74) is 6.45. The van der Waals surface area contributed by atoms with Crippen LogP contribution in [-0.2, 0) is 16.1 Å². The van der Waals surface area contributed by atoms with E-state index in [-0.39, 0.29) is 24.8 Å². The largest absolute Gasteiger partial charge is 0.350 e. The molecule has 5 nitrogen and oxygen atoms in total. The highest BCUT2D eigenvalue weighted by Gasteiger charge is 2.27. The highest BCUT2D eigenvalue weighted by molar-refractivity contribution is 9.11. The molecule has 0 saturated heterocycles. The molecule has 0 spiro atoms. The molecule has 0 fully saturated rings. The van der Waals surface area contributed by atoms with Gasteiger partial charge < -0.3 is 10.2 Å². The number of rotatable bonds is 5. The van der Waals surface area contributed by atoms with E-state index in [1.165, 1.54) is 5.56 Å². The summed E-state index contributed by atoms with van der Waals surface area (Å²) >= 11 is 5.03. The first-order valence-corrected chi connectivity index (χ1v) is 12.0. The maximum absolute atomic E-state index is 13.3. The van der Waals surface area contributed by atoms with E-state index in [0.717, 1.165) is 31.1 Å². The van der Waals surface area contributed by atoms with Gasteiger partial charge in [-0.1, -0.05) is 29.8 Å². The number of carbonyl (C=O) groups is 2. The van der Waals surface area contributed by atoms with Gasteiger partial charge in [-0.25, -0.2) is 4.99 Å². The Bertz CT molecular complexity index is 1210. The number of hydrogen-bond donors (Lipinski definition) is 1. The topological polar surface area (TPSA) is 61.8 Å². The molecule has 4 rings (SSSR count). The van der Waals surface area contributed by atoms with E-state index in [4.69, 9.17) is 4.99 Å². The zero-order valence-corrected chi connectivity index (χ0v) is 20.6. The summed E-state index contributed by atoms with van der Waals surface area (Å²) < 4.78 is 0.986. The third kappa shape index (κ3) is 5.00. The molecule has 2 aromatic carbocycles. The summed E-state index contributed by atoms with van der Waals surface area (Å²) in [6, 6.07) is 15.9. The third-order valence-corrected chi connectivity index (χ3v) is 7.20. The molecule has 2 heterocycles. The van der Waals surface area contributed by atoms with Gasteiger partial charge in [-0.2, -0.15) is 0 Å². The molecule has 1 N–H and O–H groups in total. The average molecular weight is 510 g/mol. The second-order valence-corrected chi connectivity index (χ2v) is 10.5. The fourth-order valence-electron chi connectivity index (χ4n) is 3.54. The fraction of sp³-hybridized carbons (Fsp3) is 0.240. The maximum atomic E-state index is 13.3. The average Bonchev–Trinajstić information content (AvgIpc) is 3.14. The van der Waals surface area contributed by atoms with Crippen LogP contribution in [0.3, 0.4) is 0 Å². The van der Waals surface area contributed by atoms with Crippen molar-refractivity contribution in [3.05, 3.63) is 79.4 Å². The summed E-state index contributed by atoms with van der Waals surface area (Å²) in [7, 11) is 0. The lowest BCUT2D eigenvalue weighted by Gasteiger charge is -2.23. The van der Waals surface area contributed by atoms with E-state index in [1.54, 1.807) is 16.2 Å². The fourth-order valence-corrected chi connectivity index (χ4v) is 4.91. The van der Waals surface area contributed by atoms with Crippen LogP contribution < -0.4 is 10.2 Å². The third-order valence-electron chi connectivity index (χ3n) is 5.53. The standard InChI is InChI=1S/C25H24BrN3O2S/c1-15-4-6-18(7-5-15)13-27-24(30)14-29-21-11-17(3)16(2)10-19(21)28-20(12-25(29)31)22-8-9-23(26)32-22/h4-11H,12-14H2,1-3H3,(H,27,30). The van der Waals surface area contributed by atoms with Crippen molar-refractivity contribution >= 4 is 56.2 Å². The van der Waals surface area contributed by atoms with Crippen LogP contribution in [0.5, 0.6) is 0 Å². The lowest BCUT2D eigenvalue weighted by atomic mass is 10.1. The SMILES string of the molecule is Cc1ccc(CNC(=O)CN2C(=O)CC(c3ccc(Br)s3)=Nc3cc(C)c(C)cc32)cc1. The van der Waals surface area contributed by atoms with Gasteiger partial charge in [0.1, 0.15) is 6.54 Å². The van der Waals surface area contributed by atoms with Gasteiger partial charge in [-0.3, -0.25) is 9.59 Å². The molecular weight excluding hydrogens is 486 g/mol. The Morgan fingerprint density at radius 1 is 1.09 bits per heavy atom. The first-order valence-electron chi connectivity index (χ1n) is 10.4. The molecule has 164 valence electrons. The first-order chi connectivity index (χ1) is 15.3. The van der Waals surface area contributed by atoms with Gasteiger partial charge in [-0.15, -0.1) is 11.3 Å². The summed E-state index contributed by atoms with van der Waals surface area (Å²) in [5, 5.41) is 2.94. The Morgan fingerprint density at radius 3 is 2.50 bits per heavy atom. The molecule has 3 aromatic rings. The zero-order valence-electron chi connectivity index (χ0n) is 18.2. The number of thiophene rings is 1. The molecule has 1 aliphatic rings. The molecule has 0 radical (unpaired) electrons. The molecule has 7 heteroatoms. The van der Waals surface area contributed by atoms with Crippen molar-refractivity contribution in [1.82, 2.24) is 5.32 Å². The molecule has 2 amide bonds. The zero-order chi connectivity index (χ0) is 22.8. The van der Waals surface area contributed by atoms with Gasteiger partial charge in [0.05, 0.1) is 32.2 Å². The maximum Gasteiger partial charge on any atom is 0.240 e. The molecule has 32 heavy (non-hydrogen) atoms. The number of benzene rings is 2. The Morgan fingerprint density at radius 2 is 1.81 bits per heavy atom. The van der Waals surface area contributed by atoms with Gasteiger partial charge in [0, 0.05) is 6.54 Å². The number of nitrogens with one attached hydrogen (secondary N) is 1. The highest BCUT2D eigenvalue weighted by Crippen LogP contribution is 2.36. The van der Waals surface area contributed by atoms with Crippen LogP contribution in [0.15, 0.2) is 57.3 Å². The number of nitrogens with zero attached hydrogens (tertiary/aromatic N) is 2. The van der Waals surface area contributed by atoms with E-state index >= 15 is 0 Å². The molecule has 1 aliphatic heterocycles. The van der Waals surface area contributed by atoms with Crippen molar-refractivity contribution in [2.24, 2.45) is 4.99 Å². The number of aryl methyl sites for hydroxylation is 3. The monoisotopic (exact) mass is 509 g/mol. The van der Waals surface area contributed by atoms with Gasteiger partial charge in [-0.05, 0) is 77.7 Å². The lowest BCUT2D eigenvalue weighted by molar-refractivity contribution is -0.123. The molecule has 0 unspecified atom stereocenters. The minimum atomic E-state index is -0.203. The van der Waals surface area contributed by atoms with Crippen LogP contribution >= 0.6 is 27.3 Å². The van der Waals surface area contributed by atoms with Crippen molar-refractivity contribution in [2.45, 2.75) is 33.7 Å². The number of hydrogen-bond acceptors (Lipinski definition) is 4. The molecule has 0 aliphatic carbocycles. The van der Waals surface area contributed by atoms with E-state index in [2.05, 4.69) is 21.2 Å². The smallest absolute Gasteiger partial charge is 0.240 e. The van der Waals surface area contributed by atoms with Crippen LogP contribution in [0.1, 0.15) is 33.6 Å². The summed E-state index contributed by atoms with van der Waals surface area (Å²) in [6.45, 7) is 6.43. The second kappa shape index (κ2) is 9.38. The van der Waals surface area contributed by atoms with E-state index in [9.17, 15) is 9.59 Å². The van der Waals surface area contributed by atoms with Crippen molar-refractivity contribution in [2.75, 3.05) is 11.4 Å². The van der Waals surface area contributed by atoms with Gasteiger partial charge in [0.15, 0.2) is 0 Å². The summed E-state index contributed by atoms with van der Waals surface area (Å²) in [6.07, 6.45) is 0.144. The van der Waals surface area contributed by atoms with E-state index < -0.39 is 0 Å². The van der Waals surface area contributed by atoms with Gasteiger partial charge in [0.2, 0.25) is 11.8 Å². The van der Waals surface area contributed by atoms with Crippen molar-refractivity contribution in [3.63, 3.8) is 0 Å². The molecule has 0 bridgehead atoms. The predicted molar refractivity (Wildman–Crippen MR) is 134 cm³/mol. The van der Waals surface area contributed by atoms with Crippen LogP contribution in [-0.4, -0.2) is 24.1 Å². The molecular formula is C25H24BrN3O2S. The minimum absolute atomic E-state index is 0.0445. The van der Waals surface area contributed by atoms with Crippen LogP contribution in [0.25, 0.3) is 0 Å². The number of amides is 2. The Labute approximate surface area is 200 Å². The molecule has 1 aromatic heterocycles. The summed E-state index contributed by atoms with van der Waals surface area (Å²) in [5.74, 6) is -0.341. The van der Waals surface area contributed by atoms with E-state index in [0.29, 0.717) is 17.9 Å². The lowest BCUT2D eigenvalue weighted by Crippen LogP contribution is -2.41. The van der Waals surface area contributed by atoms with Gasteiger partial charge >= 0.3 is 0 Å². The van der Waals surface area contributed by atoms with Gasteiger partial charge in [0.25, 0.3) is 0 Å². The molecule has 0 atom stereocenters. The normalized spacial score (nSPS) is 13.4. The Kier molecular flexibility index (Phi) is 6.58. The van der Waals surface area contributed by atoms with Crippen LogP contribution in [0, 0.1) is 20.8 Å². The molecule has 0 saturated carbocycles. The number of halogens is 1. The highest BCUT2D eigenvalue weighted by atomic mass is 79.9. The van der Waals surface area contributed by atoms with Crippen LogP contribution in [0.2, 0.25) is 0 Å². The van der Waals surface area contributed by atoms with E-state index in [1.807, 2.05) is 69.3 Å². The van der Waals surface area contributed by atoms with Crippen molar-refractivity contribution in [1.29, 1.82) is 0 Å². The van der Waals surface area contributed by atoms with Crippen LogP contribution in [0.4, 0.5) is 11.4 Å². The quantitative estimate of drug-likeness (QED) is 0.485. The number of aliphatic imine (C=N–C) groups is 1. The Hall–Kier alpha value is -2.77. The predicted octanol–water partition coefficient (Wildman–Crippen LogP) is 5.61. The number of carbonyl (C=O) groups excluding carboxylic acids is 2. The van der Waals surface area contributed by atoms with Crippen molar-refractivity contribution in [3.8, 4) is 0 Å².